The van der Waals surface area contributed by atoms with Crippen molar-refractivity contribution in [3.8, 4) is 0 Å². The molecule has 24 heavy (non-hydrogen) atoms. The lowest BCUT2D eigenvalue weighted by atomic mass is 9.71. The number of epoxide rings is 2. The van der Waals surface area contributed by atoms with Crippen LogP contribution < -0.4 is 0 Å². The van der Waals surface area contributed by atoms with Gasteiger partial charge < -0.3 is 18.9 Å². The molecule has 0 aromatic heterocycles. The largest absolute Gasteiger partial charge is 0.522 e. The van der Waals surface area contributed by atoms with Crippen LogP contribution in [-0.2, 0) is 28.5 Å². The minimum atomic E-state index is -4.67. The summed E-state index contributed by atoms with van der Waals surface area (Å²) < 4.78 is 62.0. The zero-order valence-corrected chi connectivity index (χ0v) is 13.5. The predicted molar refractivity (Wildman–Crippen MR) is 73.0 cm³/mol. The quantitative estimate of drug-likeness (QED) is 0.676. The number of halogens is 3. The molecule has 0 aromatic carbocycles. The SMILES string of the molecule is COC1=CC(=O)[C@@H](OC)[C@H]([C@@]2(C)O[C@@H]2CCOC(F)(F)F)[C@@]12CO2. The van der Waals surface area contributed by atoms with Crippen LogP contribution in [0.4, 0.5) is 13.2 Å². The van der Waals surface area contributed by atoms with Gasteiger partial charge in [0.25, 0.3) is 0 Å². The summed E-state index contributed by atoms with van der Waals surface area (Å²) in [4.78, 5) is 12.3. The molecule has 5 atom stereocenters. The van der Waals surface area contributed by atoms with Crippen molar-refractivity contribution in [3.63, 3.8) is 0 Å². The van der Waals surface area contributed by atoms with Crippen molar-refractivity contribution in [1.29, 1.82) is 0 Å². The fourth-order valence-corrected chi connectivity index (χ4v) is 3.72. The number of rotatable bonds is 6. The molecule has 2 saturated heterocycles. The first-order valence-electron chi connectivity index (χ1n) is 7.53. The van der Waals surface area contributed by atoms with E-state index < -0.39 is 42.3 Å². The van der Waals surface area contributed by atoms with Crippen LogP contribution in [0.25, 0.3) is 0 Å². The van der Waals surface area contributed by atoms with E-state index in [1.807, 2.05) is 0 Å². The average Bonchev–Trinajstić information content (AvgIpc) is 3.39. The van der Waals surface area contributed by atoms with Crippen LogP contribution in [0.5, 0.6) is 0 Å². The van der Waals surface area contributed by atoms with Crippen molar-refractivity contribution >= 4 is 5.78 Å². The highest BCUT2D eigenvalue weighted by Gasteiger charge is 2.74. The van der Waals surface area contributed by atoms with Gasteiger partial charge in [-0.05, 0) is 6.92 Å². The van der Waals surface area contributed by atoms with E-state index in [1.54, 1.807) is 6.92 Å². The molecule has 0 radical (unpaired) electrons. The molecule has 0 N–H and O–H groups in total. The van der Waals surface area contributed by atoms with Crippen LogP contribution in [-0.4, -0.2) is 63.0 Å². The Morgan fingerprint density at radius 2 is 2.04 bits per heavy atom. The topological polar surface area (TPSA) is 69.8 Å². The van der Waals surface area contributed by atoms with Gasteiger partial charge in [-0.15, -0.1) is 13.2 Å². The van der Waals surface area contributed by atoms with Gasteiger partial charge in [0.2, 0.25) is 0 Å². The van der Waals surface area contributed by atoms with Gasteiger partial charge in [0, 0.05) is 19.6 Å². The van der Waals surface area contributed by atoms with Crippen LogP contribution in [0, 0.1) is 5.92 Å². The van der Waals surface area contributed by atoms with Crippen molar-refractivity contribution in [2.45, 2.75) is 43.1 Å². The number of ketones is 1. The first-order valence-corrected chi connectivity index (χ1v) is 7.53. The molecule has 3 aliphatic rings. The zero-order chi connectivity index (χ0) is 17.8. The summed E-state index contributed by atoms with van der Waals surface area (Å²) >= 11 is 0. The third kappa shape index (κ3) is 2.83. The van der Waals surface area contributed by atoms with E-state index in [-0.39, 0.29) is 12.2 Å². The molecule has 1 aliphatic carbocycles. The second-order valence-electron chi connectivity index (χ2n) is 6.30. The van der Waals surface area contributed by atoms with Gasteiger partial charge in [0.1, 0.15) is 17.5 Å². The highest BCUT2D eigenvalue weighted by molar-refractivity contribution is 5.96. The number of hydrogen-bond acceptors (Lipinski definition) is 6. The number of carbonyl (C=O) groups excluding carboxylic acids is 1. The number of carbonyl (C=O) groups is 1. The van der Waals surface area contributed by atoms with Gasteiger partial charge in [-0.25, -0.2) is 0 Å². The standard InChI is InChI=1S/C15H19F3O6/c1-13(9(24-13)4-5-22-15(16,17)18)12-11(21-3)8(19)6-10(20-2)14(12)7-23-14/h6,9,11-12H,4-5,7H2,1-3H3/t9-,11-,12-,13+,14-/m1/s1. The maximum atomic E-state index is 12.3. The van der Waals surface area contributed by atoms with E-state index in [9.17, 15) is 18.0 Å². The Morgan fingerprint density at radius 3 is 2.54 bits per heavy atom. The first-order chi connectivity index (χ1) is 11.2. The molecule has 3 rings (SSSR count). The Hall–Kier alpha value is -1.16. The van der Waals surface area contributed by atoms with Crippen molar-refractivity contribution in [3.05, 3.63) is 11.8 Å². The summed E-state index contributed by atoms with van der Waals surface area (Å²) in [5.41, 5.74) is -1.67. The summed E-state index contributed by atoms with van der Waals surface area (Å²) in [6, 6.07) is 0. The molecule has 2 aliphatic heterocycles. The predicted octanol–water partition coefficient (Wildman–Crippen LogP) is 1.58. The van der Waals surface area contributed by atoms with Gasteiger partial charge in [0.05, 0.1) is 32.3 Å². The Kier molecular flexibility index (Phi) is 4.18. The summed E-state index contributed by atoms with van der Waals surface area (Å²) in [5, 5.41) is 0. The Labute approximate surface area is 136 Å². The second kappa shape index (κ2) is 5.69. The fourth-order valence-electron chi connectivity index (χ4n) is 3.72. The number of hydrogen-bond donors (Lipinski definition) is 0. The van der Waals surface area contributed by atoms with Gasteiger partial charge in [0.15, 0.2) is 11.4 Å². The number of alkyl halides is 3. The highest BCUT2D eigenvalue weighted by atomic mass is 19.4. The molecular weight excluding hydrogens is 333 g/mol. The van der Waals surface area contributed by atoms with Gasteiger partial charge >= 0.3 is 6.36 Å². The van der Waals surface area contributed by atoms with Crippen molar-refractivity contribution in [1.82, 2.24) is 0 Å². The normalized spacial score (nSPS) is 41.3. The van der Waals surface area contributed by atoms with Crippen LogP contribution in [0.15, 0.2) is 11.8 Å². The Balaban J connectivity index is 1.75. The summed E-state index contributed by atoms with van der Waals surface area (Å²) in [7, 11) is 2.85. The van der Waals surface area contributed by atoms with Gasteiger partial charge in [-0.3, -0.25) is 9.53 Å². The highest BCUT2D eigenvalue weighted by Crippen LogP contribution is 2.59. The molecule has 136 valence electrons. The monoisotopic (exact) mass is 352 g/mol. The molecule has 0 bridgehead atoms. The first kappa shape index (κ1) is 17.7. The summed E-state index contributed by atoms with van der Waals surface area (Å²) in [5.74, 6) is -0.381. The maximum absolute atomic E-state index is 12.3. The summed E-state index contributed by atoms with van der Waals surface area (Å²) in [6.07, 6.45) is -4.55. The minimum absolute atomic E-state index is 0.0548. The van der Waals surface area contributed by atoms with Gasteiger partial charge in [-0.2, -0.15) is 0 Å². The molecule has 9 heteroatoms. The van der Waals surface area contributed by atoms with Crippen LogP contribution in [0.2, 0.25) is 0 Å². The van der Waals surface area contributed by atoms with Crippen molar-refractivity contribution in [2.75, 3.05) is 27.4 Å². The molecule has 0 aromatic rings. The van der Waals surface area contributed by atoms with Crippen molar-refractivity contribution < 1.29 is 41.7 Å². The Bertz CT molecular complexity index is 556. The zero-order valence-electron chi connectivity index (χ0n) is 13.5. The fraction of sp³-hybridized carbons (Fsp3) is 0.800. The third-order valence-corrected chi connectivity index (χ3v) is 4.95. The minimum Gasteiger partial charge on any atom is -0.498 e. The third-order valence-electron chi connectivity index (χ3n) is 4.95. The summed E-state index contributed by atoms with van der Waals surface area (Å²) in [6.45, 7) is 1.58. The second-order valence-corrected chi connectivity index (χ2v) is 6.30. The van der Waals surface area contributed by atoms with E-state index in [4.69, 9.17) is 18.9 Å². The lowest BCUT2D eigenvalue weighted by Crippen LogP contribution is -2.53. The maximum Gasteiger partial charge on any atom is 0.522 e. The molecule has 0 saturated carbocycles. The van der Waals surface area contributed by atoms with Crippen molar-refractivity contribution in [2.24, 2.45) is 5.92 Å². The molecule has 1 spiro atoms. The lowest BCUT2D eigenvalue weighted by Gasteiger charge is -2.36. The van der Waals surface area contributed by atoms with Crippen LogP contribution >= 0.6 is 0 Å². The number of ether oxygens (including phenoxy) is 5. The Morgan fingerprint density at radius 1 is 1.38 bits per heavy atom. The lowest BCUT2D eigenvalue weighted by molar-refractivity contribution is -0.324. The van der Waals surface area contributed by atoms with E-state index in [0.29, 0.717) is 12.4 Å². The van der Waals surface area contributed by atoms with E-state index >= 15 is 0 Å². The molecule has 0 unspecified atom stereocenters. The molecule has 2 heterocycles. The van der Waals surface area contributed by atoms with Gasteiger partial charge in [-0.1, -0.05) is 0 Å². The van der Waals surface area contributed by atoms with E-state index in [1.165, 1.54) is 20.3 Å². The molecule has 0 amide bonds. The molecule has 6 nitrogen and oxygen atoms in total. The molecule has 2 fully saturated rings. The van der Waals surface area contributed by atoms with Crippen LogP contribution in [0.3, 0.4) is 0 Å². The number of methoxy groups -OCH3 is 2. The van der Waals surface area contributed by atoms with E-state index in [2.05, 4.69) is 4.74 Å². The van der Waals surface area contributed by atoms with Crippen LogP contribution in [0.1, 0.15) is 13.3 Å². The smallest absolute Gasteiger partial charge is 0.498 e. The average molecular weight is 352 g/mol. The molecular formula is C15H19F3O6. The van der Waals surface area contributed by atoms with E-state index in [0.717, 1.165) is 0 Å².